The van der Waals surface area contributed by atoms with Gasteiger partial charge in [0, 0.05) is 29.7 Å². The maximum Gasteiger partial charge on any atom is 0.416 e. The van der Waals surface area contributed by atoms with Crippen LogP contribution >= 0.6 is 0 Å². The molecule has 4 aromatic rings. The van der Waals surface area contributed by atoms with Gasteiger partial charge in [0.25, 0.3) is 21.7 Å². The molecule has 0 fully saturated rings. The Kier molecular flexibility index (Phi) is 5.50. The molecule has 2 aromatic carbocycles. The van der Waals surface area contributed by atoms with Gasteiger partial charge in [-0.1, -0.05) is 18.2 Å². The van der Waals surface area contributed by atoms with E-state index in [4.69, 9.17) is 0 Å². The lowest BCUT2D eigenvalue weighted by molar-refractivity contribution is -0.137. The summed E-state index contributed by atoms with van der Waals surface area (Å²) in [6.07, 6.45) is -0.790. The minimum atomic E-state index is -4.62. The number of amides is 1. The molecular weight excluding hydrogens is 459 g/mol. The second kappa shape index (κ2) is 8.17. The van der Waals surface area contributed by atoms with Crippen LogP contribution in [0.3, 0.4) is 0 Å². The molecule has 0 aliphatic carbocycles. The fourth-order valence-electron chi connectivity index (χ4n) is 3.20. The maximum atomic E-state index is 13.2. The summed E-state index contributed by atoms with van der Waals surface area (Å²) in [4.78, 5) is 28.7. The summed E-state index contributed by atoms with van der Waals surface area (Å²) in [6.45, 7) is 0. The smallest absolute Gasteiger partial charge is 0.319 e. The number of anilines is 1. The predicted molar refractivity (Wildman–Crippen MR) is 113 cm³/mol. The van der Waals surface area contributed by atoms with E-state index < -0.39 is 38.3 Å². The van der Waals surface area contributed by atoms with E-state index in [0.717, 1.165) is 22.3 Å². The van der Waals surface area contributed by atoms with Crippen LogP contribution in [-0.4, -0.2) is 29.1 Å². The third-order valence-electron chi connectivity index (χ3n) is 4.81. The second-order valence-electron chi connectivity index (χ2n) is 6.90. The third kappa shape index (κ3) is 4.22. The van der Waals surface area contributed by atoms with E-state index in [1.54, 1.807) is 6.07 Å². The summed E-state index contributed by atoms with van der Waals surface area (Å²) in [5.41, 5.74) is -0.753. The SMILES string of the molecule is O=C(Nc1ccncc1)C(=O)c1cn(S(=O)(=O)c2ccc(C(F)(F)F)cc2)c2ccccc12. The first-order valence-corrected chi connectivity index (χ1v) is 10.8. The number of nitrogens with one attached hydrogen (secondary N) is 1. The number of carbonyl (C=O) groups excluding carboxylic acids is 2. The number of para-hydroxylation sites is 1. The lowest BCUT2D eigenvalue weighted by Crippen LogP contribution is -2.22. The van der Waals surface area contributed by atoms with Gasteiger partial charge < -0.3 is 5.32 Å². The standard InChI is InChI=1S/C22H14F3N3O4S/c23-22(24,25)14-5-7-16(8-6-14)33(31,32)28-13-18(17-3-1-2-4-19(17)28)20(29)21(30)27-15-9-11-26-12-10-15/h1-13H,(H,26,27,30). The van der Waals surface area contributed by atoms with Crippen molar-refractivity contribution in [2.24, 2.45) is 0 Å². The van der Waals surface area contributed by atoms with Crippen LogP contribution in [0.1, 0.15) is 15.9 Å². The summed E-state index contributed by atoms with van der Waals surface area (Å²) in [5.74, 6) is -1.97. The van der Waals surface area contributed by atoms with Gasteiger partial charge in [-0.3, -0.25) is 14.6 Å². The Morgan fingerprint density at radius 2 is 1.55 bits per heavy atom. The number of halogens is 3. The van der Waals surface area contributed by atoms with Crippen molar-refractivity contribution >= 4 is 38.3 Å². The highest BCUT2D eigenvalue weighted by Crippen LogP contribution is 2.31. The van der Waals surface area contributed by atoms with E-state index in [-0.39, 0.29) is 16.5 Å². The van der Waals surface area contributed by atoms with E-state index in [9.17, 15) is 31.2 Å². The topological polar surface area (TPSA) is 98.1 Å². The van der Waals surface area contributed by atoms with Gasteiger partial charge in [0.2, 0.25) is 0 Å². The first-order chi connectivity index (χ1) is 15.6. The Morgan fingerprint density at radius 1 is 0.909 bits per heavy atom. The summed E-state index contributed by atoms with van der Waals surface area (Å²) in [5, 5.41) is 2.61. The summed E-state index contributed by atoms with van der Waals surface area (Å²) in [6, 6.07) is 11.9. The number of Topliss-reactive ketones (excluding diaryl/α,β-unsaturated/α-hetero) is 1. The van der Waals surface area contributed by atoms with Crippen molar-refractivity contribution in [1.29, 1.82) is 0 Å². The molecule has 0 aliphatic heterocycles. The number of fused-ring (bicyclic) bond motifs is 1. The van der Waals surface area contributed by atoms with Gasteiger partial charge in [0.05, 0.1) is 21.5 Å². The number of rotatable bonds is 5. The maximum absolute atomic E-state index is 13.2. The molecule has 4 rings (SSSR count). The van der Waals surface area contributed by atoms with Crippen LogP contribution in [-0.2, 0) is 21.0 Å². The van der Waals surface area contributed by atoms with Crippen LogP contribution < -0.4 is 5.32 Å². The molecule has 2 aromatic heterocycles. The molecule has 1 N–H and O–H groups in total. The Labute approximate surface area is 185 Å². The first-order valence-electron chi connectivity index (χ1n) is 9.37. The third-order valence-corrected chi connectivity index (χ3v) is 6.49. The molecular formula is C22H14F3N3O4S. The monoisotopic (exact) mass is 473 g/mol. The molecule has 168 valence electrons. The minimum absolute atomic E-state index is 0.0949. The van der Waals surface area contributed by atoms with Crippen molar-refractivity contribution < 1.29 is 31.2 Å². The number of aromatic nitrogens is 2. The fourth-order valence-corrected chi connectivity index (χ4v) is 4.57. The largest absolute Gasteiger partial charge is 0.416 e. The van der Waals surface area contributed by atoms with Crippen LogP contribution in [0.25, 0.3) is 10.9 Å². The molecule has 0 unspecified atom stereocenters. The average molecular weight is 473 g/mol. The summed E-state index contributed by atoms with van der Waals surface area (Å²) >= 11 is 0. The second-order valence-corrected chi connectivity index (χ2v) is 8.72. The molecule has 0 saturated heterocycles. The van der Waals surface area contributed by atoms with E-state index >= 15 is 0 Å². The van der Waals surface area contributed by atoms with Crippen LogP contribution in [0, 0.1) is 0 Å². The molecule has 11 heteroatoms. The predicted octanol–water partition coefficient (Wildman–Crippen LogP) is 4.11. The number of pyridine rings is 1. The Morgan fingerprint density at radius 3 is 2.18 bits per heavy atom. The molecule has 33 heavy (non-hydrogen) atoms. The van der Waals surface area contributed by atoms with E-state index in [1.807, 2.05) is 0 Å². The summed E-state index contributed by atoms with van der Waals surface area (Å²) < 4.78 is 65.6. The molecule has 1 amide bonds. The molecule has 0 aliphatic rings. The highest BCUT2D eigenvalue weighted by atomic mass is 32.2. The number of nitrogens with zero attached hydrogens (tertiary/aromatic N) is 2. The van der Waals surface area contributed by atoms with Crippen LogP contribution in [0.5, 0.6) is 0 Å². The minimum Gasteiger partial charge on any atom is -0.319 e. The van der Waals surface area contributed by atoms with Gasteiger partial charge in [-0.05, 0) is 42.5 Å². The van der Waals surface area contributed by atoms with Crippen LogP contribution in [0.15, 0.2) is 84.1 Å². The Hall–Kier alpha value is -3.99. The van der Waals surface area contributed by atoms with Crippen molar-refractivity contribution in [3.05, 3.63) is 90.4 Å². The van der Waals surface area contributed by atoms with Gasteiger partial charge in [0.15, 0.2) is 0 Å². The van der Waals surface area contributed by atoms with Crippen molar-refractivity contribution in [3.8, 4) is 0 Å². The van der Waals surface area contributed by atoms with Crippen molar-refractivity contribution in [2.75, 3.05) is 5.32 Å². The molecule has 0 saturated carbocycles. The van der Waals surface area contributed by atoms with Gasteiger partial charge in [-0.15, -0.1) is 0 Å². The molecule has 0 radical (unpaired) electrons. The molecule has 2 heterocycles. The zero-order chi connectivity index (χ0) is 23.8. The summed E-state index contributed by atoms with van der Waals surface area (Å²) in [7, 11) is -4.37. The highest BCUT2D eigenvalue weighted by molar-refractivity contribution is 7.90. The average Bonchev–Trinajstić information content (AvgIpc) is 3.19. The molecule has 0 atom stereocenters. The number of benzene rings is 2. The first kappa shape index (κ1) is 22.2. The lowest BCUT2D eigenvalue weighted by Gasteiger charge is -2.10. The highest BCUT2D eigenvalue weighted by Gasteiger charge is 2.31. The number of hydrogen-bond acceptors (Lipinski definition) is 5. The van der Waals surface area contributed by atoms with Crippen LogP contribution in [0.4, 0.5) is 18.9 Å². The molecule has 7 nitrogen and oxygen atoms in total. The zero-order valence-corrected chi connectivity index (χ0v) is 17.4. The van der Waals surface area contributed by atoms with Crippen molar-refractivity contribution in [2.45, 2.75) is 11.1 Å². The van der Waals surface area contributed by atoms with Gasteiger partial charge in [0.1, 0.15) is 0 Å². The van der Waals surface area contributed by atoms with E-state index in [1.165, 1.54) is 42.7 Å². The van der Waals surface area contributed by atoms with Crippen molar-refractivity contribution in [1.82, 2.24) is 8.96 Å². The van der Waals surface area contributed by atoms with Crippen molar-refractivity contribution in [3.63, 3.8) is 0 Å². The quantitative estimate of drug-likeness (QED) is 0.348. The number of alkyl halides is 3. The van der Waals surface area contributed by atoms with Gasteiger partial charge >= 0.3 is 6.18 Å². The number of ketones is 1. The Balaban J connectivity index is 1.75. The lowest BCUT2D eigenvalue weighted by atomic mass is 10.1. The normalized spacial score (nSPS) is 12.0. The molecule has 0 spiro atoms. The van der Waals surface area contributed by atoms with Crippen LogP contribution in [0.2, 0.25) is 0 Å². The fraction of sp³-hybridized carbons (Fsp3) is 0.0455. The van der Waals surface area contributed by atoms with Gasteiger partial charge in [-0.25, -0.2) is 12.4 Å². The number of hydrogen-bond donors (Lipinski definition) is 1. The molecule has 0 bridgehead atoms. The Bertz CT molecular complexity index is 1460. The number of carbonyl (C=O) groups is 2. The van der Waals surface area contributed by atoms with Gasteiger partial charge in [-0.2, -0.15) is 13.2 Å². The zero-order valence-electron chi connectivity index (χ0n) is 16.6. The van der Waals surface area contributed by atoms with E-state index in [0.29, 0.717) is 17.8 Å². The van der Waals surface area contributed by atoms with E-state index in [2.05, 4.69) is 10.3 Å².